The van der Waals surface area contributed by atoms with Crippen LogP contribution in [0.2, 0.25) is 0 Å². The summed E-state index contributed by atoms with van der Waals surface area (Å²) in [6, 6.07) is 0. The van der Waals surface area contributed by atoms with Gasteiger partial charge in [-0.05, 0) is 12.5 Å². The maximum Gasteiger partial charge on any atom is 0.126 e. The summed E-state index contributed by atoms with van der Waals surface area (Å²) < 4.78 is 18.1. The fourth-order valence-electron chi connectivity index (χ4n) is 5.32. The van der Waals surface area contributed by atoms with Crippen LogP contribution in [0.4, 0.5) is 0 Å². The quantitative estimate of drug-likeness (QED) is 0.524. The first-order chi connectivity index (χ1) is 8.95. The summed E-state index contributed by atoms with van der Waals surface area (Å²) >= 11 is 0. The highest BCUT2D eigenvalue weighted by atomic mass is 16.6. The highest BCUT2D eigenvalue weighted by Gasteiger charge is 2.84. The van der Waals surface area contributed by atoms with Crippen molar-refractivity contribution in [3.8, 4) is 0 Å². The molecule has 0 aromatic rings. The topological polar surface area (TPSA) is 54.5 Å². The third-order valence-corrected chi connectivity index (χ3v) is 6.92. The summed E-state index contributed by atoms with van der Waals surface area (Å²) in [5.74, 6) is 0. The Morgan fingerprint density at radius 3 is 2.74 bits per heavy atom. The van der Waals surface area contributed by atoms with Gasteiger partial charge < -0.3 is 19.3 Å². The van der Waals surface area contributed by atoms with Gasteiger partial charge >= 0.3 is 0 Å². The van der Waals surface area contributed by atoms with Crippen LogP contribution in [0, 0.1) is 10.8 Å². The number of fused-ring (bicyclic) bond motifs is 4. The van der Waals surface area contributed by atoms with Crippen LogP contribution in [0.5, 0.6) is 0 Å². The lowest BCUT2D eigenvalue weighted by molar-refractivity contribution is -0.207. The number of hydrogen-bond donors (Lipinski definition) is 1. The molecule has 8 unspecified atom stereocenters. The van der Waals surface area contributed by atoms with Gasteiger partial charge in [0.1, 0.15) is 11.7 Å². The van der Waals surface area contributed by atoms with Gasteiger partial charge in [-0.3, -0.25) is 0 Å². The van der Waals surface area contributed by atoms with Crippen LogP contribution in [0.15, 0.2) is 11.6 Å². The summed E-state index contributed by atoms with van der Waals surface area (Å²) in [7, 11) is 0. The zero-order valence-electron chi connectivity index (χ0n) is 11.6. The Labute approximate surface area is 112 Å². The molecule has 5 rings (SSSR count). The number of epoxide rings is 2. The minimum Gasteiger partial charge on any atom is -0.392 e. The Morgan fingerprint density at radius 1 is 1.32 bits per heavy atom. The molecule has 0 amide bonds. The first kappa shape index (κ1) is 11.3. The third kappa shape index (κ3) is 0.907. The van der Waals surface area contributed by atoms with E-state index >= 15 is 0 Å². The van der Waals surface area contributed by atoms with Crippen LogP contribution in [-0.4, -0.2) is 47.8 Å². The van der Waals surface area contributed by atoms with Gasteiger partial charge in [0.15, 0.2) is 0 Å². The Morgan fingerprint density at radius 2 is 2.05 bits per heavy atom. The summed E-state index contributed by atoms with van der Waals surface area (Å²) in [5.41, 5.74) is 0.537. The Bertz CT molecular complexity index is 510. The number of hydrogen-bond acceptors (Lipinski definition) is 4. The molecule has 0 radical (unpaired) electrons. The SMILES string of the molecule is CC1=CC2OC3CC(O)C(C)(C34CO4)C2(C)C2OC12. The Kier molecular flexibility index (Phi) is 1.66. The zero-order valence-corrected chi connectivity index (χ0v) is 11.6. The van der Waals surface area contributed by atoms with E-state index in [0.29, 0.717) is 13.0 Å². The lowest BCUT2D eigenvalue weighted by Gasteiger charge is -2.56. The van der Waals surface area contributed by atoms with Gasteiger partial charge in [-0.1, -0.05) is 19.9 Å². The predicted molar refractivity (Wildman–Crippen MR) is 66.6 cm³/mol. The van der Waals surface area contributed by atoms with Crippen LogP contribution in [0.3, 0.4) is 0 Å². The van der Waals surface area contributed by atoms with Crippen LogP contribution >= 0.6 is 0 Å². The normalized spacial score (nSPS) is 68.4. The number of ether oxygens (including phenoxy) is 3. The molecule has 0 aromatic carbocycles. The first-order valence-electron chi connectivity index (χ1n) is 7.26. The van der Waals surface area contributed by atoms with Crippen LogP contribution in [0.25, 0.3) is 0 Å². The van der Waals surface area contributed by atoms with E-state index in [0.717, 1.165) is 0 Å². The van der Waals surface area contributed by atoms with Crippen molar-refractivity contribution in [3.63, 3.8) is 0 Å². The molecule has 8 atom stereocenters. The van der Waals surface area contributed by atoms with Gasteiger partial charge in [-0.2, -0.15) is 0 Å². The van der Waals surface area contributed by atoms with E-state index in [1.807, 2.05) is 0 Å². The average Bonchev–Trinajstić information content (AvgIpc) is 3.22. The Balaban J connectivity index is 1.73. The molecule has 4 fully saturated rings. The Hall–Kier alpha value is -0.420. The van der Waals surface area contributed by atoms with E-state index < -0.39 is 0 Å². The van der Waals surface area contributed by atoms with Crippen molar-refractivity contribution in [2.24, 2.45) is 10.8 Å². The molecule has 3 aliphatic heterocycles. The molecule has 5 aliphatic rings. The largest absolute Gasteiger partial charge is 0.392 e. The van der Waals surface area contributed by atoms with Crippen molar-refractivity contribution in [2.45, 2.75) is 63.3 Å². The minimum atomic E-state index is -0.369. The molecule has 2 aliphatic carbocycles. The number of aliphatic hydroxyl groups excluding tert-OH is 1. The molecule has 4 heteroatoms. The maximum absolute atomic E-state index is 10.7. The fourth-order valence-corrected chi connectivity index (χ4v) is 5.32. The highest BCUT2D eigenvalue weighted by molar-refractivity contribution is 5.38. The van der Waals surface area contributed by atoms with E-state index in [-0.39, 0.29) is 47.0 Å². The van der Waals surface area contributed by atoms with E-state index in [9.17, 15) is 5.11 Å². The van der Waals surface area contributed by atoms with Crippen molar-refractivity contribution >= 4 is 0 Å². The first-order valence-corrected chi connectivity index (χ1v) is 7.26. The lowest BCUT2D eigenvalue weighted by atomic mass is 9.52. The van der Waals surface area contributed by atoms with Crippen LogP contribution < -0.4 is 0 Å². The van der Waals surface area contributed by atoms with Crippen LogP contribution in [0.1, 0.15) is 27.2 Å². The van der Waals surface area contributed by atoms with Crippen molar-refractivity contribution < 1.29 is 19.3 Å². The van der Waals surface area contributed by atoms with Crippen molar-refractivity contribution in [1.29, 1.82) is 0 Å². The average molecular weight is 264 g/mol. The second-order valence-corrected chi connectivity index (χ2v) is 7.35. The summed E-state index contributed by atoms with van der Waals surface area (Å²) in [5, 5.41) is 10.7. The molecule has 1 saturated carbocycles. The fraction of sp³-hybridized carbons (Fsp3) is 0.867. The molecular formula is C15H20O4. The molecule has 3 saturated heterocycles. The molecule has 104 valence electrons. The monoisotopic (exact) mass is 264 g/mol. The molecule has 1 spiro atoms. The number of aliphatic hydroxyl groups is 1. The van der Waals surface area contributed by atoms with Gasteiger partial charge in [-0.25, -0.2) is 0 Å². The van der Waals surface area contributed by atoms with E-state index in [4.69, 9.17) is 14.2 Å². The summed E-state index contributed by atoms with van der Waals surface area (Å²) in [4.78, 5) is 0. The van der Waals surface area contributed by atoms with Gasteiger partial charge in [0.2, 0.25) is 0 Å². The zero-order chi connectivity index (χ0) is 13.2. The van der Waals surface area contributed by atoms with E-state index in [2.05, 4.69) is 26.8 Å². The van der Waals surface area contributed by atoms with Gasteiger partial charge in [0, 0.05) is 17.3 Å². The molecule has 1 N–H and O–H groups in total. The second kappa shape index (κ2) is 2.80. The van der Waals surface area contributed by atoms with E-state index in [1.165, 1.54) is 5.57 Å². The third-order valence-electron chi connectivity index (χ3n) is 6.92. The molecular weight excluding hydrogens is 244 g/mol. The highest BCUT2D eigenvalue weighted by Crippen LogP contribution is 2.73. The van der Waals surface area contributed by atoms with Crippen molar-refractivity contribution in [1.82, 2.24) is 0 Å². The molecule has 3 heterocycles. The smallest absolute Gasteiger partial charge is 0.126 e. The van der Waals surface area contributed by atoms with Gasteiger partial charge in [0.05, 0.1) is 31.0 Å². The predicted octanol–water partition coefficient (Wildman–Crippen LogP) is 1.03. The molecule has 0 aromatic heterocycles. The van der Waals surface area contributed by atoms with E-state index in [1.54, 1.807) is 0 Å². The van der Waals surface area contributed by atoms with Crippen molar-refractivity contribution in [3.05, 3.63) is 11.6 Å². The summed E-state index contributed by atoms with van der Waals surface area (Å²) in [6.07, 6.45) is 3.00. The van der Waals surface area contributed by atoms with Crippen molar-refractivity contribution in [2.75, 3.05) is 6.61 Å². The maximum atomic E-state index is 10.7. The number of rotatable bonds is 0. The molecule has 4 nitrogen and oxygen atoms in total. The van der Waals surface area contributed by atoms with Gasteiger partial charge in [0.25, 0.3) is 0 Å². The molecule has 2 bridgehead atoms. The summed E-state index contributed by atoms with van der Waals surface area (Å²) in [6.45, 7) is 7.24. The van der Waals surface area contributed by atoms with Gasteiger partial charge in [-0.15, -0.1) is 0 Å². The second-order valence-electron chi connectivity index (χ2n) is 7.35. The standard InChI is InChI=1S/C15H20O4/c1-7-4-9-13(2,12-11(7)19-12)14(3)8(16)5-10(18-9)15(14)6-17-15/h4,8-12,16H,5-6H2,1-3H3. The van der Waals surface area contributed by atoms with Crippen LogP contribution in [-0.2, 0) is 14.2 Å². The lowest BCUT2D eigenvalue weighted by Crippen LogP contribution is -2.66. The minimum absolute atomic E-state index is 0.0323. The molecule has 19 heavy (non-hydrogen) atoms.